The van der Waals surface area contributed by atoms with E-state index in [-0.39, 0.29) is 25.5 Å². The zero-order chi connectivity index (χ0) is 15.4. The summed E-state index contributed by atoms with van der Waals surface area (Å²) in [6.45, 7) is -0.0511. The number of likely N-dealkylation sites (tertiary alicyclic amines) is 1. The van der Waals surface area contributed by atoms with Gasteiger partial charge in [0.1, 0.15) is 6.33 Å². The number of nitrogens with one attached hydrogen (secondary N) is 1. The van der Waals surface area contributed by atoms with Gasteiger partial charge < -0.3 is 4.90 Å². The van der Waals surface area contributed by atoms with Crippen LogP contribution in [0.25, 0.3) is 0 Å². The maximum atomic E-state index is 12.5. The second-order valence-electron chi connectivity index (χ2n) is 5.48. The molecule has 3 rings (SSSR count). The van der Waals surface area contributed by atoms with E-state index < -0.39 is 29.3 Å². The molecule has 2 amide bonds. The third-order valence-corrected chi connectivity index (χ3v) is 4.01. The molecule has 1 saturated heterocycles. The summed E-state index contributed by atoms with van der Waals surface area (Å²) < 4.78 is 38.9. The molecule has 1 N–H and O–H groups in total. The number of hydrogen-bond donors (Lipinski definition) is 1. The minimum absolute atomic E-state index is 0.0256. The van der Waals surface area contributed by atoms with Crippen molar-refractivity contribution in [2.45, 2.75) is 12.6 Å². The average Bonchev–Trinajstić information content (AvgIpc) is 3.00. The molecule has 0 bridgehead atoms. The van der Waals surface area contributed by atoms with Gasteiger partial charge in [0.05, 0.1) is 5.92 Å². The molecular formula is C11H12F3N5O2. The van der Waals surface area contributed by atoms with E-state index in [1.165, 1.54) is 18.1 Å². The molecule has 114 valence electrons. The molecule has 2 aliphatic rings. The highest BCUT2D eigenvalue weighted by molar-refractivity contribution is 6.39. The maximum Gasteiger partial charge on any atom is 0.392 e. The summed E-state index contributed by atoms with van der Waals surface area (Å²) in [5.74, 6) is -3.03. The summed E-state index contributed by atoms with van der Waals surface area (Å²) >= 11 is 0. The Morgan fingerprint density at radius 1 is 1.43 bits per heavy atom. The van der Waals surface area contributed by atoms with Gasteiger partial charge in [-0.1, -0.05) is 0 Å². The van der Waals surface area contributed by atoms with Crippen LogP contribution in [0.5, 0.6) is 0 Å². The molecule has 2 fully saturated rings. The zero-order valence-electron chi connectivity index (χ0n) is 11.0. The monoisotopic (exact) mass is 303 g/mol. The number of aryl methyl sites for hydroxylation is 1. The lowest BCUT2D eigenvalue weighted by atomic mass is 9.93. The Balaban J connectivity index is 1.55. The van der Waals surface area contributed by atoms with E-state index in [1.807, 2.05) is 0 Å². The SMILES string of the molecule is Cn1ncnc1NC(=O)C(=O)N1CC2(CC2C(F)(F)F)C1. The van der Waals surface area contributed by atoms with E-state index in [2.05, 4.69) is 15.4 Å². The van der Waals surface area contributed by atoms with Crippen LogP contribution in [-0.2, 0) is 16.6 Å². The van der Waals surface area contributed by atoms with E-state index in [4.69, 9.17) is 0 Å². The van der Waals surface area contributed by atoms with Crippen LogP contribution in [0.3, 0.4) is 0 Å². The summed E-state index contributed by atoms with van der Waals surface area (Å²) in [6.07, 6.45) is -2.99. The molecule has 1 aromatic heterocycles. The Labute approximate surface area is 117 Å². The highest BCUT2D eigenvalue weighted by atomic mass is 19.4. The number of nitrogens with zero attached hydrogens (tertiary/aromatic N) is 4. The van der Waals surface area contributed by atoms with Crippen LogP contribution in [0, 0.1) is 11.3 Å². The van der Waals surface area contributed by atoms with E-state index in [0.29, 0.717) is 0 Å². The number of aromatic nitrogens is 3. The molecule has 1 saturated carbocycles. The average molecular weight is 303 g/mol. The zero-order valence-corrected chi connectivity index (χ0v) is 11.0. The van der Waals surface area contributed by atoms with Gasteiger partial charge in [0.25, 0.3) is 0 Å². The predicted molar refractivity (Wildman–Crippen MR) is 62.8 cm³/mol. The van der Waals surface area contributed by atoms with Gasteiger partial charge in [-0.15, -0.1) is 0 Å². The van der Waals surface area contributed by atoms with Crippen molar-refractivity contribution in [1.82, 2.24) is 19.7 Å². The van der Waals surface area contributed by atoms with Crippen molar-refractivity contribution in [3.8, 4) is 0 Å². The number of halogens is 3. The normalized spacial score (nSPS) is 22.9. The summed E-state index contributed by atoms with van der Waals surface area (Å²) in [6, 6.07) is 0. The van der Waals surface area contributed by atoms with Gasteiger partial charge in [-0.2, -0.15) is 23.3 Å². The lowest BCUT2D eigenvalue weighted by Crippen LogP contribution is -2.56. The molecule has 1 aliphatic heterocycles. The van der Waals surface area contributed by atoms with Gasteiger partial charge in [0.2, 0.25) is 5.95 Å². The van der Waals surface area contributed by atoms with Gasteiger partial charge in [-0.25, -0.2) is 4.68 Å². The van der Waals surface area contributed by atoms with Crippen LogP contribution >= 0.6 is 0 Å². The summed E-state index contributed by atoms with van der Waals surface area (Å²) in [7, 11) is 1.53. The first kappa shape index (κ1) is 13.8. The molecule has 21 heavy (non-hydrogen) atoms. The van der Waals surface area contributed by atoms with Crippen LogP contribution in [0.1, 0.15) is 6.42 Å². The Morgan fingerprint density at radius 2 is 2.10 bits per heavy atom. The standard InChI is InChI=1S/C11H12F3N5O2/c1-18-9(15-5-16-18)17-7(20)8(21)19-3-10(4-19)2-6(10)11(12,13)14/h5-6H,2-4H2,1H3,(H,15,16,17,20). The molecule has 2 heterocycles. The van der Waals surface area contributed by atoms with Gasteiger partial charge >= 0.3 is 18.0 Å². The Hall–Kier alpha value is -2.13. The first-order chi connectivity index (χ1) is 9.73. The maximum absolute atomic E-state index is 12.5. The third kappa shape index (κ3) is 2.24. The Bertz CT molecular complexity index is 605. The lowest BCUT2D eigenvalue weighted by Gasteiger charge is -2.40. The van der Waals surface area contributed by atoms with Gasteiger partial charge in [0, 0.05) is 25.6 Å². The van der Waals surface area contributed by atoms with E-state index >= 15 is 0 Å². The number of carbonyl (C=O) groups excluding carboxylic acids is 2. The van der Waals surface area contributed by atoms with Crippen molar-refractivity contribution in [3.05, 3.63) is 6.33 Å². The summed E-state index contributed by atoms with van der Waals surface area (Å²) in [5, 5.41) is 5.98. The molecular weight excluding hydrogens is 291 g/mol. The van der Waals surface area contributed by atoms with Crippen LogP contribution < -0.4 is 5.32 Å². The van der Waals surface area contributed by atoms with Crippen molar-refractivity contribution in [2.24, 2.45) is 18.4 Å². The summed E-state index contributed by atoms with van der Waals surface area (Å²) in [4.78, 5) is 28.4. The van der Waals surface area contributed by atoms with Crippen molar-refractivity contribution in [2.75, 3.05) is 18.4 Å². The van der Waals surface area contributed by atoms with Crippen molar-refractivity contribution in [1.29, 1.82) is 0 Å². The van der Waals surface area contributed by atoms with Crippen molar-refractivity contribution < 1.29 is 22.8 Å². The molecule has 0 aromatic carbocycles. The number of rotatable bonds is 1. The number of anilines is 1. The second kappa shape index (κ2) is 4.18. The molecule has 10 heteroatoms. The lowest BCUT2D eigenvalue weighted by molar-refractivity contribution is -0.169. The number of hydrogen-bond acceptors (Lipinski definition) is 4. The van der Waals surface area contributed by atoms with Crippen molar-refractivity contribution >= 4 is 17.8 Å². The molecule has 1 unspecified atom stereocenters. The fraction of sp³-hybridized carbons (Fsp3) is 0.636. The fourth-order valence-electron chi connectivity index (χ4n) is 2.73. The topological polar surface area (TPSA) is 80.1 Å². The minimum Gasteiger partial charge on any atom is -0.333 e. The van der Waals surface area contributed by atoms with Gasteiger partial charge in [-0.05, 0) is 6.42 Å². The Morgan fingerprint density at radius 3 is 2.57 bits per heavy atom. The third-order valence-electron chi connectivity index (χ3n) is 4.01. The molecule has 1 aliphatic carbocycles. The van der Waals surface area contributed by atoms with E-state index in [1.54, 1.807) is 0 Å². The highest BCUT2D eigenvalue weighted by Crippen LogP contribution is 2.64. The van der Waals surface area contributed by atoms with Gasteiger partial charge in [0.15, 0.2) is 0 Å². The molecule has 1 atom stereocenters. The predicted octanol–water partition coefficient (Wildman–Crippen LogP) is 0.164. The van der Waals surface area contributed by atoms with Crippen LogP contribution in [0.15, 0.2) is 6.33 Å². The fourth-order valence-corrected chi connectivity index (χ4v) is 2.73. The first-order valence-corrected chi connectivity index (χ1v) is 6.24. The summed E-state index contributed by atoms with van der Waals surface area (Å²) in [5.41, 5.74) is -0.862. The van der Waals surface area contributed by atoms with E-state index in [0.717, 1.165) is 4.90 Å². The number of alkyl halides is 3. The second-order valence-corrected chi connectivity index (χ2v) is 5.48. The Kier molecular flexibility index (Phi) is 2.76. The molecule has 0 radical (unpaired) electrons. The minimum atomic E-state index is -4.23. The van der Waals surface area contributed by atoms with E-state index in [9.17, 15) is 22.8 Å². The van der Waals surface area contributed by atoms with Crippen LogP contribution in [0.4, 0.5) is 19.1 Å². The van der Waals surface area contributed by atoms with Crippen molar-refractivity contribution in [3.63, 3.8) is 0 Å². The smallest absolute Gasteiger partial charge is 0.333 e. The molecule has 1 spiro atoms. The highest BCUT2D eigenvalue weighted by Gasteiger charge is 2.71. The largest absolute Gasteiger partial charge is 0.392 e. The van der Waals surface area contributed by atoms with Crippen LogP contribution in [0.2, 0.25) is 0 Å². The van der Waals surface area contributed by atoms with Gasteiger partial charge in [-0.3, -0.25) is 14.9 Å². The number of carbonyl (C=O) groups is 2. The first-order valence-electron chi connectivity index (χ1n) is 6.24. The molecule has 7 nitrogen and oxygen atoms in total. The van der Waals surface area contributed by atoms with Crippen LogP contribution in [-0.4, -0.2) is 50.7 Å². The molecule has 1 aromatic rings. The quantitative estimate of drug-likeness (QED) is 0.750. The number of amides is 2.